The van der Waals surface area contributed by atoms with Crippen molar-refractivity contribution in [2.45, 2.75) is 44.7 Å². The molecule has 8 heteroatoms. The molecule has 1 aliphatic carbocycles. The van der Waals surface area contributed by atoms with E-state index in [4.69, 9.17) is 15.2 Å². The van der Waals surface area contributed by atoms with Gasteiger partial charge in [-0.15, -0.1) is 0 Å². The molecule has 0 radical (unpaired) electrons. The molecule has 2 aromatic carbocycles. The summed E-state index contributed by atoms with van der Waals surface area (Å²) in [6.45, 7) is 0.376. The first kappa shape index (κ1) is 22.4. The Balaban J connectivity index is 1.84. The summed E-state index contributed by atoms with van der Waals surface area (Å²) in [6, 6.07) is 9.11. The quantitative estimate of drug-likeness (QED) is 0.686. The molecule has 166 valence electrons. The van der Waals surface area contributed by atoms with E-state index in [1.807, 2.05) is 18.2 Å². The van der Waals surface area contributed by atoms with E-state index < -0.39 is 11.7 Å². The lowest BCUT2D eigenvalue weighted by Crippen LogP contribution is -2.43. The van der Waals surface area contributed by atoms with E-state index >= 15 is 0 Å². The van der Waals surface area contributed by atoms with Crippen LogP contribution < -0.4 is 20.5 Å². The van der Waals surface area contributed by atoms with Crippen molar-refractivity contribution < 1.29 is 23.5 Å². The van der Waals surface area contributed by atoms with Gasteiger partial charge in [0.15, 0.2) is 11.5 Å². The zero-order chi connectivity index (χ0) is 22.4. The molecule has 7 nitrogen and oxygen atoms in total. The summed E-state index contributed by atoms with van der Waals surface area (Å²) in [4.78, 5) is 26.4. The molecule has 3 amide bonds. The Bertz CT molecular complexity index is 944. The molecule has 3 rings (SSSR count). The van der Waals surface area contributed by atoms with Crippen molar-refractivity contribution in [2.24, 2.45) is 5.73 Å². The third kappa shape index (κ3) is 5.45. The number of rotatable bonds is 7. The Hall–Kier alpha value is -3.29. The molecule has 2 aromatic rings. The highest BCUT2D eigenvalue weighted by molar-refractivity contribution is 5.96. The van der Waals surface area contributed by atoms with Gasteiger partial charge in [0, 0.05) is 18.3 Å². The number of nitrogens with zero attached hydrogens (tertiary/aromatic N) is 1. The van der Waals surface area contributed by atoms with Crippen LogP contribution in [0.2, 0.25) is 0 Å². The molecule has 1 saturated carbocycles. The van der Waals surface area contributed by atoms with Crippen LogP contribution in [0, 0.1) is 5.82 Å². The zero-order valence-corrected chi connectivity index (χ0v) is 17.8. The fourth-order valence-electron chi connectivity index (χ4n) is 3.92. The summed E-state index contributed by atoms with van der Waals surface area (Å²) >= 11 is 0. The van der Waals surface area contributed by atoms with E-state index in [9.17, 15) is 14.0 Å². The van der Waals surface area contributed by atoms with Crippen molar-refractivity contribution in [1.82, 2.24) is 4.90 Å². The van der Waals surface area contributed by atoms with Gasteiger partial charge in [0.25, 0.3) is 5.91 Å². The highest BCUT2D eigenvalue weighted by Crippen LogP contribution is 2.30. The number of halogens is 1. The van der Waals surface area contributed by atoms with Crippen LogP contribution in [0.1, 0.15) is 48.0 Å². The number of hydrogen-bond donors (Lipinski definition) is 2. The van der Waals surface area contributed by atoms with Crippen molar-refractivity contribution in [3.8, 4) is 11.5 Å². The number of methoxy groups -OCH3 is 2. The largest absolute Gasteiger partial charge is 0.493 e. The number of carbonyl (C=O) groups excluding carboxylic acids is 2. The molecule has 0 spiro atoms. The van der Waals surface area contributed by atoms with Gasteiger partial charge in [0.05, 0.1) is 19.8 Å². The van der Waals surface area contributed by atoms with Crippen molar-refractivity contribution in [1.29, 1.82) is 0 Å². The number of benzene rings is 2. The second-order valence-electron chi connectivity index (χ2n) is 7.60. The van der Waals surface area contributed by atoms with Crippen molar-refractivity contribution in [2.75, 3.05) is 19.5 Å². The third-order valence-corrected chi connectivity index (χ3v) is 5.56. The molecule has 1 aliphatic rings. The number of nitrogens with one attached hydrogen (secondary N) is 1. The first-order valence-electron chi connectivity index (χ1n) is 10.3. The van der Waals surface area contributed by atoms with Gasteiger partial charge in [0.1, 0.15) is 5.82 Å². The van der Waals surface area contributed by atoms with Gasteiger partial charge < -0.3 is 25.4 Å². The van der Waals surface area contributed by atoms with E-state index in [-0.39, 0.29) is 17.6 Å². The molecule has 0 unspecified atom stereocenters. The Kier molecular flexibility index (Phi) is 7.33. The van der Waals surface area contributed by atoms with Crippen LogP contribution in [0.3, 0.4) is 0 Å². The van der Waals surface area contributed by atoms with Crippen LogP contribution in [0.4, 0.5) is 14.9 Å². The molecule has 0 atom stereocenters. The molecule has 0 aliphatic heterocycles. The summed E-state index contributed by atoms with van der Waals surface area (Å²) in [6.07, 6.45) is 5.10. The molecule has 0 heterocycles. The van der Waals surface area contributed by atoms with E-state index in [0.29, 0.717) is 23.7 Å². The number of nitrogens with two attached hydrogens (primary N) is 1. The highest BCUT2D eigenvalue weighted by Gasteiger charge is 2.26. The number of hydrogen-bond acceptors (Lipinski definition) is 4. The Morgan fingerprint density at radius 1 is 1.06 bits per heavy atom. The number of ether oxygens (including phenoxy) is 2. The standard InChI is InChI=1S/C23H28FN3O4/c1-30-20-11-8-15(12-21(20)31-2)14-27(17-6-4-3-5-7-17)23(29)26-16-9-10-19(24)18(13-16)22(25)28/h8-13,17H,3-7,14H2,1-2H3,(H2,25,28)(H,26,29). The van der Waals surface area contributed by atoms with E-state index in [0.717, 1.165) is 43.7 Å². The molecular weight excluding hydrogens is 401 g/mol. The minimum atomic E-state index is -0.886. The van der Waals surface area contributed by atoms with E-state index in [1.165, 1.54) is 12.1 Å². The van der Waals surface area contributed by atoms with Crippen LogP contribution in [-0.4, -0.2) is 37.1 Å². The van der Waals surface area contributed by atoms with Crippen LogP contribution in [-0.2, 0) is 6.54 Å². The lowest BCUT2D eigenvalue weighted by Gasteiger charge is -2.34. The molecule has 0 bridgehead atoms. The smallest absolute Gasteiger partial charge is 0.322 e. The lowest BCUT2D eigenvalue weighted by molar-refractivity contribution is 0.0996. The summed E-state index contributed by atoms with van der Waals surface area (Å²) in [7, 11) is 3.14. The summed E-state index contributed by atoms with van der Waals surface area (Å²) in [5.74, 6) is -0.401. The Morgan fingerprint density at radius 3 is 2.42 bits per heavy atom. The SMILES string of the molecule is COc1ccc(CN(C(=O)Nc2ccc(F)c(C(N)=O)c2)C2CCCCC2)cc1OC. The number of carbonyl (C=O) groups is 2. The van der Waals surface area contributed by atoms with Crippen molar-refractivity contribution in [3.05, 3.63) is 53.3 Å². The minimum Gasteiger partial charge on any atom is -0.493 e. The third-order valence-electron chi connectivity index (χ3n) is 5.56. The van der Waals surface area contributed by atoms with Gasteiger partial charge in [-0.25, -0.2) is 9.18 Å². The monoisotopic (exact) mass is 429 g/mol. The van der Waals surface area contributed by atoms with Gasteiger partial charge >= 0.3 is 6.03 Å². The molecular formula is C23H28FN3O4. The highest BCUT2D eigenvalue weighted by atomic mass is 19.1. The van der Waals surface area contributed by atoms with Gasteiger partial charge in [-0.2, -0.15) is 0 Å². The molecule has 3 N–H and O–H groups in total. The normalized spacial score (nSPS) is 14.0. The first-order valence-corrected chi connectivity index (χ1v) is 10.3. The predicted molar refractivity (Wildman–Crippen MR) is 116 cm³/mol. The van der Waals surface area contributed by atoms with Gasteiger partial charge in [-0.3, -0.25) is 4.79 Å². The molecule has 0 aromatic heterocycles. The fourth-order valence-corrected chi connectivity index (χ4v) is 3.92. The number of anilines is 1. The summed E-state index contributed by atoms with van der Waals surface area (Å²) < 4.78 is 24.5. The van der Waals surface area contributed by atoms with Crippen LogP contribution >= 0.6 is 0 Å². The summed E-state index contributed by atoms with van der Waals surface area (Å²) in [5.41, 5.74) is 6.17. The van der Waals surface area contributed by atoms with Gasteiger partial charge in [0.2, 0.25) is 0 Å². The topological polar surface area (TPSA) is 93.9 Å². The molecule has 1 fully saturated rings. The molecule has 0 saturated heterocycles. The minimum absolute atomic E-state index is 0.0814. The predicted octanol–water partition coefficient (Wildman–Crippen LogP) is 4.31. The van der Waals surface area contributed by atoms with Crippen LogP contribution in [0.15, 0.2) is 36.4 Å². The second kappa shape index (κ2) is 10.1. The average Bonchev–Trinajstić information content (AvgIpc) is 2.78. The number of primary amides is 1. The maximum atomic E-state index is 13.8. The Morgan fingerprint density at radius 2 is 1.77 bits per heavy atom. The fraction of sp³-hybridized carbons (Fsp3) is 0.391. The number of amides is 3. The lowest BCUT2D eigenvalue weighted by atomic mass is 9.94. The first-order chi connectivity index (χ1) is 14.9. The maximum Gasteiger partial charge on any atom is 0.322 e. The van der Waals surface area contributed by atoms with E-state index in [1.54, 1.807) is 19.1 Å². The van der Waals surface area contributed by atoms with Crippen LogP contribution in [0.25, 0.3) is 0 Å². The van der Waals surface area contributed by atoms with E-state index in [2.05, 4.69) is 5.32 Å². The van der Waals surface area contributed by atoms with Crippen molar-refractivity contribution >= 4 is 17.6 Å². The van der Waals surface area contributed by atoms with Crippen LogP contribution in [0.5, 0.6) is 11.5 Å². The average molecular weight is 429 g/mol. The van der Waals surface area contributed by atoms with Crippen molar-refractivity contribution in [3.63, 3.8) is 0 Å². The van der Waals surface area contributed by atoms with Gasteiger partial charge in [-0.1, -0.05) is 25.3 Å². The zero-order valence-electron chi connectivity index (χ0n) is 17.8. The summed E-state index contributed by atoms with van der Waals surface area (Å²) in [5, 5.41) is 2.79. The second-order valence-corrected chi connectivity index (χ2v) is 7.60. The van der Waals surface area contributed by atoms with Gasteiger partial charge in [-0.05, 0) is 48.7 Å². The number of urea groups is 1. The Labute approximate surface area is 181 Å². The maximum absolute atomic E-state index is 13.8. The molecule has 31 heavy (non-hydrogen) atoms.